The summed E-state index contributed by atoms with van der Waals surface area (Å²) in [6.45, 7) is 2.73. The van der Waals surface area contributed by atoms with E-state index in [2.05, 4.69) is 23.0 Å². The summed E-state index contributed by atoms with van der Waals surface area (Å²) in [6, 6.07) is 9.88. The first kappa shape index (κ1) is 13.4. The van der Waals surface area contributed by atoms with Gasteiger partial charge in [0.05, 0.1) is 24.9 Å². The van der Waals surface area contributed by atoms with Gasteiger partial charge in [-0.25, -0.2) is 4.98 Å². The van der Waals surface area contributed by atoms with Crippen LogP contribution in [0.25, 0.3) is 11.0 Å². The number of fused-ring (bicyclic) bond motifs is 1. The molecule has 3 aromatic rings. The van der Waals surface area contributed by atoms with E-state index in [1.165, 1.54) is 5.56 Å². The lowest BCUT2D eigenvalue weighted by Crippen LogP contribution is -2.08. The zero-order valence-electron chi connectivity index (χ0n) is 12.2. The smallest absolute Gasteiger partial charge is 0.201 e. The molecule has 0 aliphatic carbocycles. The summed E-state index contributed by atoms with van der Waals surface area (Å²) in [4.78, 5) is 8.90. The molecule has 2 aromatic heterocycles. The predicted octanol–water partition coefficient (Wildman–Crippen LogP) is 2.63. The van der Waals surface area contributed by atoms with Crippen molar-refractivity contribution in [2.45, 2.75) is 19.9 Å². The Morgan fingerprint density at radius 1 is 1.24 bits per heavy atom. The summed E-state index contributed by atoms with van der Waals surface area (Å²) >= 11 is 0. The predicted molar refractivity (Wildman–Crippen MR) is 83.4 cm³/mol. The van der Waals surface area contributed by atoms with Crippen LogP contribution in [0.15, 0.2) is 36.5 Å². The van der Waals surface area contributed by atoms with Crippen LogP contribution in [0, 0.1) is 0 Å². The number of nitrogens with zero attached hydrogens (tertiary/aromatic N) is 3. The van der Waals surface area contributed by atoms with Crippen molar-refractivity contribution >= 4 is 17.0 Å². The van der Waals surface area contributed by atoms with Crippen molar-refractivity contribution < 1.29 is 4.74 Å². The highest BCUT2D eigenvalue weighted by Gasteiger charge is 2.13. The molecule has 0 aliphatic heterocycles. The molecule has 2 N–H and O–H groups in total. The van der Waals surface area contributed by atoms with E-state index in [9.17, 15) is 0 Å². The van der Waals surface area contributed by atoms with Gasteiger partial charge in [-0.15, -0.1) is 0 Å². The Hall–Kier alpha value is -2.56. The van der Waals surface area contributed by atoms with Crippen LogP contribution in [0.4, 0.5) is 5.95 Å². The van der Waals surface area contributed by atoms with Gasteiger partial charge in [0.2, 0.25) is 5.95 Å². The number of rotatable bonds is 4. The van der Waals surface area contributed by atoms with Gasteiger partial charge in [-0.05, 0) is 30.2 Å². The molecule has 5 nitrogen and oxygen atoms in total. The molecule has 1 aromatic carbocycles. The Labute approximate surface area is 123 Å². The Kier molecular flexibility index (Phi) is 3.48. The molecule has 21 heavy (non-hydrogen) atoms. The molecule has 3 rings (SSSR count). The highest BCUT2D eigenvalue weighted by molar-refractivity contribution is 5.84. The van der Waals surface area contributed by atoms with Crippen molar-refractivity contribution in [3.8, 4) is 5.75 Å². The van der Waals surface area contributed by atoms with Crippen molar-refractivity contribution in [2.75, 3.05) is 12.8 Å². The Balaban J connectivity index is 2.11. The van der Waals surface area contributed by atoms with Crippen LogP contribution in [0.2, 0.25) is 0 Å². The lowest BCUT2D eigenvalue weighted by atomic mass is 10.1. The Morgan fingerprint density at radius 2 is 2.10 bits per heavy atom. The van der Waals surface area contributed by atoms with Crippen molar-refractivity contribution in [3.05, 3.63) is 47.8 Å². The summed E-state index contributed by atoms with van der Waals surface area (Å²) < 4.78 is 7.32. The third-order valence-corrected chi connectivity index (χ3v) is 3.66. The average molecular weight is 282 g/mol. The Bertz CT molecular complexity index is 779. The molecule has 0 saturated heterocycles. The van der Waals surface area contributed by atoms with Crippen LogP contribution in [-0.2, 0) is 13.0 Å². The monoisotopic (exact) mass is 282 g/mol. The lowest BCUT2D eigenvalue weighted by Gasteiger charge is -2.09. The Morgan fingerprint density at radius 3 is 2.86 bits per heavy atom. The van der Waals surface area contributed by atoms with Crippen molar-refractivity contribution in [2.24, 2.45) is 0 Å². The van der Waals surface area contributed by atoms with E-state index in [0.29, 0.717) is 12.5 Å². The minimum Gasteiger partial charge on any atom is -0.494 e. The number of hydrogen-bond acceptors (Lipinski definition) is 4. The first-order valence-corrected chi connectivity index (χ1v) is 6.96. The van der Waals surface area contributed by atoms with E-state index in [0.717, 1.165) is 28.9 Å². The van der Waals surface area contributed by atoms with E-state index in [-0.39, 0.29) is 0 Å². The molecule has 108 valence electrons. The van der Waals surface area contributed by atoms with Crippen molar-refractivity contribution in [1.82, 2.24) is 14.5 Å². The number of ether oxygens (including phenoxy) is 1. The number of aromatic nitrogens is 3. The number of para-hydroxylation sites is 1. The molecule has 0 unspecified atom stereocenters. The number of methoxy groups -OCH3 is 1. The van der Waals surface area contributed by atoms with E-state index < -0.39 is 0 Å². The van der Waals surface area contributed by atoms with Crippen LogP contribution in [0.5, 0.6) is 5.75 Å². The number of pyridine rings is 1. The van der Waals surface area contributed by atoms with Gasteiger partial charge < -0.3 is 15.0 Å². The summed E-state index contributed by atoms with van der Waals surface area (Å²) in [5.41, 5.74) is 10.1. The average Bonchev–Trinajstić information content (AvgIpc) is 2.84. The number of imidazole rings is 1. The highest BCUT2D eigenvalue weighted by Crippen LogP contribution is 2.27. The first-order chi connectivity index (χ1) is 10.2. The van der Waals surface area contributed by atoms with Crippen LogP contribution in [0.3, 0.4) is 0 Å². The van der Waals surface area contributed by atoms with Gasteiger partial charge in [-0.2, -0.15) is 0 Å². The minimum absolute atomic E-state index is 0.474. The fourth-order valence-corrected chi connectivity index (χ4v) is 2.56. The van der Waals surface area contributed by atoms with Gasteiger partial charge in [-0.1, -0.05) is 19.1 Å². The van der Waals surface area contributed by atoms with Gasteiger partial charge in [0.15, 0.2) is 0 Å². The second-order valence-electron chi connectivity index (χ2n) is 4.85. The van der Waals surface area contributed by atoms with E-state index in [1.807, 2.05) is 35.0 Å². The molecule has 0 atom stereocenters. The minimum atomic E-state index is 0.474. The standard InChI is InChI=1S/C16H18N4O/c1-3-11-6-5-9-18-12(11)10-20-13-7-4-8-14(21-2)15(13)19-16(20)17/h4-9H,3,10H2,1-2H3,(H2,17,19). The summed E-state index contributed by atoms with van der Waals surface area (Å²) in [5.74, 6) is 1.21. The van der Waals surface area contributed by atoms with Gasteiger partial charge >= 0.3 is 0 Å². The topological polar surface area (TPSA) is 66.0 Å². The highest BCUT2D eigenvalue weighted by atomic mass is 16.5. The van der Waals surface area contributed by atoms with Gasteiger partial charge in [0, 0.05) is 6.20 Å². The molecule has 0 aliphatic rings. The largest absolute Gasteiger partial charge is 0.494 e. The zero-order chi connectivity index (χ0) is 14.8. The van der Waals surface area contributed by atoms with E-state index >= 15 is 0 Å². The molecule has 0 radical (unpaired) electrons. The number of nitrogen functional groups attached to an aromatic ring is 1. The number of anilines is 1. The second-order valence-corrected chi connectivity index (χ2v) is 4.85. The molecule has 0 fully saturated rings. The fourth-order valence-electron chi connectivity index (χ4n) is 2.56. The second kappa shape index (κ2) is 5.44. The third kappa shape index (κ3) is 2.31. The first-order valence-electron chi connectivity index (χ1n) is 6.96. The third-order valence-electron chi connectivity index (χ3n) is 3.66. The summed E-state index contributed by atoms with van der Waals surface area (Å²) in [7, 11) is 1.64. The molecular formula is C16H18N4O. The number of benzene rings is 1. The molecule has 0 spiro atoms. The van der Waals surface area contributed by atoms with E-state index in [4.69, 9.17) is 10.5 Å². The molecular weight excluding hydrogens is 264 g/mol. The summed E-state index contributed by atoms with van der Waals surface area (Å²) in [5, 5.41) is 0. The molecule has 5 heteroatoms. The molecule has 0 saturated carbocycles. The maximum Gasteiger partial charge on any atom is 0.201 e. The molecule has 2 heterocycles. The van der Waals surface area contributed by atoms with E-state index in [1.54, 1.807) is 7.11 Å². The quantitative estimate of drug-likeness (QED) is 0.799. The molecule has 0 bridgehead atoms. The van der Waals surface area contributed by atoms with Gasteiger partial charge in [0.1, 0.15) is 11.3 Å². The normalized spacial score (nSPS) is 11.0. The maximum atomic E-state index is 6.08. The number of nitrogens with two attached hydrogens (primary N) is 1. The van der Waals surface area contributed by atoms with Gasteiger partial charge in [0.25, 0.3) is 0 Å². The summed E-state index contributed by atoms with van der Waals surface area (Å²) in [6.07, 6.45) is 2.75. The lowest BCUT2D eigenvalue weighted by molar-refractivity contribution is 0.419. The number of aryl methyl sites for hydroxylation is 1. The molecule has 0 amide bonds. The van der Waals surface area contributed by atoms with Crippen LogP contribution < -0.4 is 10.5 Å². The van der Waals surface area contributed by atoms with Gasteiger partial charge in [-0.3, -0.25) is 4.98 Å². The SMILES string of the molecule is CCc1cccnc1Cn1c(N)nc2c(OC)cccc21. The maximum absolute atomic E-state index is 6.08. The fraction of sp³-hybridized carbons (Fsp3) is 0.250. The van der Waals surface area contributed by atoms with Crippen LogP contribution >= 0.6 is 0 Å². The van der Waals surface area contributed by atoms with Crippen molar-refractivity contribution in [3.63, 3.8) is 0 Å². The van der Waals surface area contributed by atoms with Crippen molar-refractivity contribution in [1.29, 1.82) is 0 Å². The van der Waals surface area contributed by atoms with Crippen LogP contribution in [-0.4, -0.2) is 21.6 Å². The number of hydrogen-bond donors (Lipinski definition) is 1. The zero-order valence-corrected chi connectivity index (χ0v) is 12.2. The van der Waals surface area contributed by atoms with Crippen LogP contribution in [0.1, 0.15) is 18.2 Å².